The molecule has 0 bridgehead atoms. The minimum atomic E-state index is -2.54. The number of aliphatic hydroxyl groups excluding tert-OH is 2. The number of carbonyl (C=O) groups is 11. The van der Waals surface area contributed by atoms with Gasteiger partial charge in [0.25, 0.3) is 0 Å². The topological polar surface area (TPSA) is 462 Å². The summed E-state index contributed by atoms with van der Waals surface area (Å²) in [6.07, 6.45) is -45.9. The van der Waals surface area contributed by atoms with Crippen molar-refractivity contribution in [1.29, 1.82) is 0 Å². The summed E-state index contributed by atoms with van der Waals surface area (Å²) >= 11 is 6.10. The van der Waals surface area contributed by atoms with Crippen molar-refractivity contribution >= 4 is 77.3 Å². The van der Waals surface area contributed by atoms with Gasteiger partial charge in [0.05, 0.1) is 42.1 Å². The molecule has 4 aliphatic rings. The number of rotatable bonds is 35. The molecular formula is C82H86ClN3O33. The number of nitrogens with zero attached hydrogens (tertiary/aromatic N) is 3. The van der Waals surface area contributed by atoms with Crippen LogP contribution >= 0.6 is 11.6 Å². The first-order valence-corrected chi connectivity index (χ1v) is 37.8. The van der Waals surface area contributed by atoms with E-state index in [1.54, 1.807) is 84.9 Å². The zero-order chi connectivity index (χ0) is 85.2. The highest BCUT2D eigenvalue weighted by Crippen LogP contribution is 2.42. The van der Waals surface area contributed by atoms with Gasteiger partial charge in [-0.3, -0.25) is 33.6 Å². The second-order valence-electron chi connectivity index (χ2n) is 27.1. The van der Waals surface area contributed by atoms with Gasteiger partial charge in [0, 0.05) is 46.5 Å². The lowest BCUT2D eigenvalue weighted by molar-refractivity contribution is -0.403. The number of aliphatic hydroxyl groups is 2. The third kappa shape index (κ3) is 25.1. The number of hydrogen-bond donors (Lipinski definition) is 2. The van der Waals surface area contributed by atoms with Gasteiger partial charge in [0.2, 0.25) is 6.29 Å². The Morgan fingerprint density at radius 2 is 0.824 bits per heavy atom. The van der Waals surface area contributed by atoms with E-state index in [2.05, 4.69) is 10.0 Å². The summed E-state index contributed by atoms with van der Waals surface area (Å²) in [5.41, 5.74) is 10.9. The second kappa shape index (κ2) is 43.9. The van der Waals surface area contributed by atoms with Gasteiger partial charge in [0.1, 0.15) is 92.8 Å². The summed E-state index contributed by atoms with van der Waals surface area (Å²) in [5.74, 6) is -12.8. The molecule has 0 aromatic heterocycles. The first-order valence-electron chi connectivity index (χ1n) is 37.2. The molecule has 37 heteroatoms. The van der Waals surface area contributed by atoms with Crippen molar-refractivity contribution in [2.45, 2.75) is 190 Å². The molecule has 4 saturated heterocycles. The predicted molar refractivity (Wildman–Crippen MR) is 401 cm³/mol. The quantitative estimate of drug-likeness (QED) is 0.0108. The monoisotopic (exact) mass is 1680 g/mol. The van der Waals surface area contributed by atoms with Crippen molar-refractivity contribution < 1.29 is 158 Å². The molecule has 4 aliphatic heterocycles. The molecular weight excluding hydrogens is 1590 g/mol. The van der Waals surface area contributed by atoms with Crippen LogP contribution in [0.15, 0.2) is 187 Å². The molecule has 6 aromatic carbocycles. The van der Waals surface area contributed by atoms with E-state index in [1.807, 2.05) is 0 Å². The molecule has 0 saturated carbocycles. The Bertz CT molecular complexity index is 4450. The number of benzene rings is 6. The van der Waals surface area contributed by atoms with Crippen LogP contribution in [0.25, 0.3) is 10.4 Å². The largest absolute Gasteiger partial charge is 0.463 e. The Morgan fingerprint density at radius 3 is 1.33 bits per heavy atom. The maximum Gasteiger partial charge on any atom is 0.338 e. The zero-order valence-corrected chi connectivity index (χ0v) is 65.5. The van der Waals surface area contributed by atoms with Crippen LogP contribution < -0.4 is 0 Å². The van der Waals surface area contributed by atoms with E-state index in [1.165, 1.54) is 97.1 Å². The standard InChI is InChI=1S/C82H86ClN3O33/c1-44(87)101-41-57(105-46(3)89)67-70(118-82-74(114-78(99)55-35-23-12-24-36-55)71(113-77(98)54-33-21-11-22-34-54)66(112-76(97)53-31-19-10-20-32-53)59(111-82)43-104-75(96)52-29-17-9-18-30-52)72(73(81(116-67)108-49(6)92)103-39-51-27-15-8-16-28-51)119-80-69(63(95)62(94)64(115-80)56(109-60(93)37-83)40-100-38-50-25-13-7-14-26-50)117-79-61(85-86-84)68(107-48(5)91)65(106-47(4)90)58(110-79)42-102-45(2)88/h7-36,56-59,61-74,79-82,94-95H,37-43H2,1-6H3/t56-,57-,58+,59+,61+,62-,63-,64+,65+,66+,67+,68+,69-,70+,71-,72-,73-,74+,79-,80+,81+,82-/m0/s1. The van der Waals surface area contributed by atoms with E-state index in [9.17, 15) is 58.9 Å². The number of halogens is 1. The highest BCUT2D eigenvalue weighted by Gasteiger charge is 2.62. The van der Waals surface area contributed by atoms with Crippen LogP contribution in [0.1, 0.15) is 94.1 Å². The first kappa shape index (κ1) is 90.0. The van der Waals surface area contributed by atoms with Crippen molar-refractivity contribution in [3.05, 3.63) is 226 Å². The smallest absolute Gasteiger partial charge is 0.338 e. The van der Waals surface area contributed by atoms with Crippen LogP contribution in [0.2, 0.25) is 0 Å². The Hall–Kier alpha value is -11.4. The average Bonchev–Trinajstić information content (AvgIpc) is 0.751. The molecule has 0 spiro atoms. The van der Waals surface area contributed by atoms with Gasteiger partial charge in [0.15, 0.2) is 61.6 Å². The fourth-order valence-corrected chi connectivity index (χ4v) is 13.3. The van der Waals surface area contributed by atoms with Crippen LogP contribution in [0, 0.1) is 0 Å². The second-order valence-corrected chi connectivity index (χ2v) is 27.4. The predicted octanol–water partition coefficient (Wildman–Crippen LogP) is 6.41. The lowest BCUT2D eigenvalue weighted by Gasteiger charge is -2.52. The van der Waals surface area contributed by atoms with Crippen molar-refractivity contribution in [2.75, 3.05) is 32.3 Å². The van der Waals surface area contributed by atoms with Gasteiger partial charge in [-0.15, -0.1) is 11.6 Å². The van der Waals surface area contributed by atoms with Crippen LogP contribution in [0.5, 0.6) is 0 Å². The molecule has 6 aromatic rings. The third-order valence-electron chi connectivity index (χ3n) is 18.4. The van der Waals surface area contributed by atoms with Crippen LogP contribution in [-0.2, 0) is 142 Å². The molecule has 634 valence electrons. The molecule has 10 rings (SSSR count). The van der Waals surface area contributed by atoms with Gasteiger partial charge in [-0.1, -0.05) is 139 Å². The maximum atomic E-state index is 15.2. The third-order valence-corrected chi connectivity index (χ3v) is 18.7. The number of ether oxygens (including phenoxy) is 20. The van der Waals surface area contributed by atoms with Crippen molar-refractivity contribution in [2.24, 2.45) is 5.11 Å². The van der Waals surface area contributed by atoms with Gasteiger partial charge in [-0.2, -0.15) is 0 Å². The summed E-state index contributed by atoms with van der Waals surface area (Å²) in [4.78, 5) is 155. The van der Waals surface area contributed by atoms with E-state index >= 15 is 9.59 Å². The molecule has 2 N–H and O–H groups in total. The molecule has 4 fully saturated rings. The summed E-state index contributed by atoms with van der Waals surface area (Å²) in [7, 11) is 0. The SMILES string of the molecule is CC(=O)OC[C@H](OC(C)=O)[C@H]1O[C@@H](OC(C)=O)[C@@H](OCc2ccccc2)[C@@H](O[C@H]2O[C@H]([C@H](COCc3ccccc3)OC(=O)CCl)[C@@H](O)[C@H](O)[C@@H]2O[C@@H]2O[C@H](COC(C)=O)[C@@H](OC(C)=O)[C@H](OC(C)=O)[C@H]2N=[N+]=[N-])[C@@H]1O[C@@H]1O[C@H](COC(=O)c2ccccc2)[C@@H](OC(=O)c2ccccc2)[C@H](OC(=O)c2ccccc2)[C@H]1OC(=O)c1ccccc1. The molecule has 0 unspecified atom stereocenters. The normalized spacial score (nSPS) is 26.9. The molecule has 4 heterocycles. The molecule has 0 aliphatic carbocycles. The van der Waals surface area contributed by atoms with E-state index in [0.29, 0.717) is 11.1 Å². The van der Waals surface area contributed by atoms with E-state index in [0.717, 1.165) is 41.5 Å². The molecule has 22 atom stereocenters. The lowest BCUT2D eigenvalue weighted by atomic mass is 9.92. The molecule has 0 amide bonds. The van der Waals surface area contributed by atoms with Crippen LogP contribution in [-0.4, -0.2) is 243 Å². The Balaban J connectivity index is 1.24. The van der Waals surface area contributed by atoms with Gasteiger partial charge in [-0.25, -0.2) is 19.2 Å². The molecule has 119 heavy (non-hydrogen) atoms. The number of carbonyl (C=O) groups excluding carboxylic acids is 11. The molecule has 36 nitrogen and oxygen atoms in total. The summed E-state index contributed by atoms with van der Waals surface area (Å²) < 4.78 is 126. The maximum absolute atomic E-state index is 15.2. The Labute approximate surface area is 685 Å². The number of esters is 11. The highest BCUT2D eigenvalue weighted by atomic mass is 35.5. The van der Waals surface area contributed by atoms with Crippen molar-refractivity contribution in [3.63, 3.8) is 0 Å². The Morgan fingerprint density at radius 1 is 0.395 bits per heavy atom. The van der Waals surface area contributed by atoms with E-state index in [-0.39, 0.29) is 28.9 Å². The van der Waals surface area contributed by atoms with Crippen LogP contribution in [0.4, 0.5) is 0 Å². The van der Waals surface area contributed by atoms with Gasteiger partial charge in [-0.05, 0) is 65.2 Å². The van der Waals surface area contributed by atoms with E-state index in [4.69, 9.17) is 106 Å². The highest BCUT2D eigenvalue weighted by molar-refractivity contribution is 6.26. The molecule has 0 radical (unpaired) electrons. The Kier molecular flexibility index (Phi) is 33.2. The number of alkyl halides is 1. The first-order chi connectivity index (χ1) is 57.3. The summed E-state index contributed by atoms with van der Waals surface area (Å²) in [5, 5.41) is 29.8. The summed E-state index contributed by atoms with van der Waals surface area (Å²) in [6, 6.07) is 43.9. The van der Waals surface area contributed by atoms with Crippen LogP contribution in [0.3, 0.4) is 0 Å². The minimum absolute atomic E-state index is 0.0121. The van der Waals surface area contributed by atoms with Gasteiger partial charge < -0.3 is 105 Å². The van der Waals surface area contributed by atoms with E-state index < -0.39 is 240 Å². The zero-order valence-electron chi connectivity index (χ0n) is 64.7. The fourth-order valence-electron chi connectivity index (χ4n) is 13.2. The van der Waals surface area contributed by atoms with Crippen molar-refractivity contribution in [3.8, 4) is 0 Å². The lowest BCUT2D eigenvalue weighted by Crippen LogP contribution is -2.70. The summed E-state index contributed by atoms with van der Waals surface area (Å²) in [6.45, 7) is 1.56. The van der Waals surface area contributed by atoms with Gasteiger partial charge >= 0.3 is 65.7 Å². The minimum Gasteiger partial charge on any atom is -0.463 e. The average molecular weight is 1680 g/mol. The fraction of sp³-hybridized carbons (Fsp3) is 0.427. The number of azide groups is 1. The van der Waals surface area contributed by atoms with Crippen molar-refractivity contribution in [1.82, 2.24) is 0 Å². The number of hydrogen-bond acceptors (Lipinski definition) is 34.